The Kier molecular flexibility index (Phi) is 3.22. The molecule has 1 aliphatic rings. The first-order valence-electron chi connectivity index (χ1n) is 7.69. The van der Waals surface area contributed by atoms with Crippen molar-refractivity contribution in [2.45, 2.75) is 33.0 Å². The average Bonchev–Trinajstić information content (AvgIpc) is 3.00. The average molecular weight is 298 g/mol. The molecule has 3 aromatic rings. The Labute approximate surface area is 128 Å². The lowest BCUT2D eigenvalue weighted by atomic mass is 10.1. The van der Waals surface area contributed by atoms with E-state index in [0.29, 0.717) is 0 Å². The Bertz CT molecular complexity index is 817. The fraction of sp³-hybridized carbons (Fsp3) is 0.353. The number of nitrogens with zero attached hydrogens (tertiary/aromatic N) is 3. The van der Waals surface area contributed by atoms with Crippen LogP contribution in [-0.4, -0.2) is 26.0 Å². The number of aromatic nitrogens is 3. The van der Waals surface area contributed by atoms with Crippen LogP contribution in [0.3, 0.4) is 0 Å². The third-order valence-electron chi connectivity index (χ3n) is 4.56. The van der Waals surface area contributed by atoms with Crippen LogP contribution in [0.5, 0.6) is 0 Å². The molecule has 22 heavy (non-hydrogen) atoms. The van der Waals surface area contributed by atoms with Gasteiger partial charge in [-0.15, -0.1) is 0 Å². The number of halogens is 1. The molecule has 0 saturated heterocycles. The van der Waals surface area contributed by atoms with E-state index >= 15 is 0 Å². The van der Waals surface area contributed by atoms with Crippen LogP contribution in [0.2, 0.25) is 0 Å². The lowest BCUT2D eigenvalue weighted by Crippen LogP contribution is -2.23. The van der Waals surface area contributed by atoms with E-state index < -0.39 is 0 Å². The van der Waals surface area contributed by atoms with Crippen LogP contribution in [0.4, 0.5) is 4.39 Å². The Morgan fingerprint density at radius 2 is 2.23 bits per heavy atom. The highest BCUT2D eigenvalue weighted by Crippen LogP contribution is 2.24. The van der Waals surface area contributed by atoms with E-state index in [4.69, 9.17) is 0 Å². The van der Waals surface area contributed by atoms with Crippen molar-refractivity contribution in [3.05, 3.63) is 53.5 Å². The number of hydrogen-bond donors (Lipinski definition) is 1. The molecule has 0 spiro atoms. The lowest BCUT2D eigenvalue weighted by molar-refractivity contribution is 0.258. The summed E-state index contributed by atoms with van der Waals surface area (Å²) in [5, 5.41) is 0.981. The summed E-state index contributed by atoms with van der Waals surface area (Å²) >= 11 is 0. The van der Waals surface area contributed by atoms with E-state index in [2.05, 4.69) is 26.4 Å². The van der Waals surface area contributed by atoms with Gasteiger partial charge in [-0.1, -0.05) is 0 Å². The topological polar surface area (TPSA) is 36.9 Å². The van der Waals surface area contributed by atoms with Crippen molar-refractivity contribution in [2.24, 2.45) is 0 Å². The maximum atomic E-state index is 13.4. The van der Waals surface area contributed by atoms with Crippen molar-refractivity contribution in [2.75, 3.05) is 6.54 Å². The minimum atomic E-state index is -0.181. The Balaban J connectivity index is 1.62. The van der Waals surface area contributed by atoms with Gasteiger partial charge in [-0.25, -0.2) is 9.37 Å². The van der Waals surface area contributed by atoms with Crippen LogP contribution in [0.15, 0.2) is 30.7 Å². The van der Waals surface area contributed by atoms with E-state index in [-0.39, 0.29) is 5.82 Å². The summed E-state index contributed by atoms with van der Waals surface area (Å²) in [5.41, 5.74) is 4.59. The van der Waals surface area contributed by atoms with E-state index in [1.807, 2.05) is 18.6 Å². The van der Waals surface area contributed by atoms with Crippen molar-refractivity contribution in [3.63, 3.8) is 0 Å². The molecule has 3 heterocycles. The number of H-pyrrole nitrogens is 1. The first-order chi connectivity index (χ1) is 10.7. The van der Waals surface area contributed by atoms with E-state index in [0.717, 1.165) is 49.1 Å². The monoisotopic (exact) mass is 298 g/mol. The molecule has 0 aliphatic carbocycles. The van der Waals surface area contributed by atoms with Gasteiger partial charge in [0.05, 0.1) is 12.0 Å². The molecule has 0 fully saturated rings. The Morgan fingerprint density at radius 3 is 3.14 bits per heavy atom. The van der Waals surface area contributed by atoms with Gasteiger partial charge in [0.25, 0.3) is 0 Å². The second-order valence-corrected chi connectivity index (χ2v) is 6.06. The third kappa shape index (κ3) is 2.31. The number of imidazole rings is 1. The quantitative estimate of drug-likeness (QED) is 0.788. The highest BCUT2D eigenvalue weighted by atomic mass is 19.1. The molecule has 0 bridgehead atoms. The SMILES string of the molecule is Cc1c(CN2CCCn3cncc3C2)[nH]c2ccc(F)cc12. The molecule has 2 aromatic heterocycles. The Hall–Kier alpha value is -2.14. The smallest absolute Gasteiger partial charge is 0.123 e. The maximum Gasteiger partial charge on any atom is 0.123 e. The fourth-order valence-corrected chi connectivity index (χ4v) is 3.33. The molecule has 4 nitrogen and oxygen atoms in total. The number of benzene rings is 1. The van der Waals surface area contributed by atoms with Gasteiger partial charge < -0.3 is 9.55 Å². The molecular weight excluding hydrogens is 279 g/mol. The van der Waals surface area contributed by atoms with Gasteiger partial charge in [-0.2, -0.15) is 0 Å². The normalized spacial score (nSPS) is 15.9. The number of rotatable bonds is 2. The zero-order valence-electron chi connectivity index (χ0n) is 12.6. The Morgan fingerprint density at radius 1 is 1.32 bits per heavy atom. The predicted octanol–water partition coefficient (Wildman–Crippen LogP) is 3.22. The van der Waals surface area contributed by atoms with Crippen LogP contribution in [0.1, 0.15) is 23.4 Å². The number of aryl methyl sites for hydroxylation is 2. The van der Waals surface area contributed by atoms with Gasteiger partial charge in [0, 0.05) is 49.0 Å². The summed E-state index contributed by atoms with van der Waals surface area (Å²) < 4.78 is 15.7. The lowest BCUT2D eigenvalue weighted by Gasteiger charge is -2.19. The molecule has 1 aromatic carbocycles. The highest BCUT2D eigenvalue weighted by molar-refractivity contribution is 5.84. The van der Waals surface area contributed by atoms with Crippen molar-refractivity contribution in [1.82, 2.24) is 19.4 Å². The van der Waals surface area contributed by atoms with Gasteiger partial charge in [0.15, 0.2) is 0 Å². The van der Waals surface area contributed by atoms with Crippen LogP contribution >= 0.6 is 0 Å². The van der Waals surface area contributed by atoms with Gasteiger partial charge in [-0.3, -0.25) is 4.90 Å². The maximum absolute atomic E-state index is 13.4. The summed E-state index contributed by atoms with van der Waals surface area (Å²) in [5.74, 6) is -0.181. The van der Waals surface area contributed by atoms with Gasteiger partial charge in [0.2, 0.25) is 0 Å². The van der Waals surface area contributed by atoms with Crippen molar-refractivity contribution >= 4 is 10.9 Å². The molecule has 0 unspecified atom stereocenters. The van der Waals surface area contributed by atoms with Crippen LogP contribution in [0, 0.1) is 12.7 Å². The molecule has 4 rings (SSSR count). The van der Waals surface area contributed by atoms with E-state index in [9.17, 15) is 4.39 Å². The summed E-state index contributed by atoms with van der Waals surface area (Å²) in [6.45, 7) is 5.92. The molecule has 0 atom stereocenters. The van der Waals surface area contributed by atoms with Gasteiger partial charge >= 0.3 is 0 Å². The molecule has 114 valence electrons. The molecule has 0 saturated carbocycles. The summed E-state index contributed by atoms with van der Waals surface area (Å²) in [7, 11) is 0. The van der Waals surface area contributed by atoms with Crippen molar-refractivity contribution < 1.29 is 4.39 Å². The largest absolute Gasteiger partial charge is 0.357 e. The minimum Gasteiger partial charge on any atom is -0.357 e. The van der Waals surface area contributed by atoms with Crippen molar-refractivity contribution in [3.8, 4) is 0 Å². The fourth-order valence-electron chi connectivity index (χ4n) is 3.33. The predicted molar refractivity (Wildman–Crippen MR) is 84.0 cm³/mol. The zero-order chi connectivity index (χ0) is 15.1. The summed E-state index contributed by atoms with van der Waals surface area (Å²) in [4.78, 5) is 10.1. The van der Waals surface area contributed by atoms with Crippen LogP contribution < -0.4 is 0 Å². The van der Waals surface area contributed by atoms with Crippen molar-refractivity contribution in [1.29, 1.82) is 0 Å². The minimum absolute atomic E-state index is 0.181. The standard InChI is InChI=1S/C17H19FN4/c1-12-15-7-13(18)3-4-16(15)20-17(12)10-21-5-2-6-22-11-19-8-14(22)9-21/h3-4,7-8,11,20H,2,5-6,9-10H2,1H3. The first-order valence-corrected chi connectivity index (χ1v) is 7.69. The molecule has 0 amide bonds. The second kappa shape index (κ2) is 5.25. The number of hydrogen-bond acceptors (Lipinski definition) is 2. The van der Waals surface area contributed by atoms with E-state index in [1.165, 1.54) is 17.5 Å². The molecule has 0 radical (unpaired) electrons. The van der Waals surface area contributed by atoms with Crippen LogP contribution in [0.25, 0.3) is 10.9 Å². The third-order valence-corrected chi connectivity index (χ3v) is 4.56. The second-order valence-electron chi connectivity index (χ2n) is 6.06. The molecule has 1 N–H and O–H groups in total. The number of fused-ring (bicyclic) bond motifs is 2. The summed E-state index contributed by atoms with van der Waals surface area (Å²) in [6, 6.07) is 4.94. The van der Waals surface area contributed by atoms with Gasteiger partial charge in [0.1, 0.15) is 5.82 Å². The molecule has 5 heteroatoms. The zero-order valence-corrected chi connectivity index (χ0v) is 12.6. The first kappa shape index (κ1) is 13.5. The number of aromatic amines is 1. The number of nitrogens with one attached hydrogen (secondary N) is 1. The van der Waals surface area contributed by atoms with E-state index in [1.54, 1.807) is 6.07 Å². The van der Waals surface area contributed by atoms with Crippen LogP contribution in [-0.2, 0) is 19.6 Å². The highest BCUT2D eigenvalue weighted by Gasteiger charge is 2.17. The summed E-state index contributed by atoms with van der Waals surface area (Å²) in [6.07, 6.45) is 4.98. The molecule has 1 aliphatic heterocycles. The molecular formula is C17H19FN4. The van der Waals surface area contributed by atoms with Gasteiger partial charge in [-0.05, 0) is 37.1 Å².